The number of hydrogen-bond donors (Lipinski definition) is 2. The molecule has 0 saturated carbocycles. The number of benzene rings is 1. The van der Waals surface area contributed by atoms with E-state index < -0.39 is 0 Å². The van der Waals surface area contributed by atoms with Crippen LogP contribution in [0, 0.1) is 18.7 Å². The SMILES string of the molecule is Cc1ccc(C(C)NC(=O)[C@H]2CCN[C@@H](C)C2)cc1F. The van der Waals surface area contributed by atoms with Crippen LogP contribution in [-0.2, 0) is 4.79 Å². The molecule has 2 rings (SSSR count). The molecule has 1 heterocycles. The highest BCUT2D eigenvalue weighted by Gasteiger charge is 2.25. The first kappa shape index (κ1) is 15.0. The van der Waals surface area contributed by atoms with Crippen molar-refractivity contribution >= 4 is 5.91 Å². The summed E-state index contributed by atoms with van der Waals surface area (Å²) in [7, 11) is 0. The molecule has 0 bridgehead atoms. The zero-order valence-corrected chi connectivity index (χ0v) is 12.4. The molecule has 1 aliphatic rings. The van der Waals surface area contributed by atoms with Crippen molar-refractivity contribution in [1.82, 2.24) is 10.6 Å². The molecule has 0 spiro atoms. The molecule has 20 heavy (non-hydrogen) atoms. The highest BCUT2D eigenvalue weighted by Crippen LogP contribution is 2.20. The van der Waals surface area contributed by atoms with Crippen LogP contribution in [0.1, 0.15) is 43.9 Å². The minimum atomic E-state index is -0.223. The zero-order valence-electron chi connectivity index (χ0n) is 12.4. The molecule has 1 aromatic carbocycles. The molecular weight excluding hydrogens is 255 g/mol. The van der Waals surface area contributed by atoms with E-state index in [0.29, 0.717) is 11.6 Å². The van der Waals surface area contributed by atoms with E-state index in [-0.39, 0.29) is 23.7 Å². The third kappa shape index (κ3) is 3.57. The summed E-state index contributed by atoms with van der Waals surface area (Å²) in [4.78, 5) is 12.2. The molecule has 0 radical (unpaired) electrons. The van der Waals surface area contributed by atoms with Crippen LogP contribution in [0.4, 0.5) is 4.39 Å². The van der Waals surface area contributed by atoms with Gasteiger partial charge in [0.2, 0.25) is 5.91 Å². The standard InChI is InChI=1S/C16H23FN2O/c1-10-4-5-13(9-15(10)17)12(3)19-16(20)14-6-7-18-11(2)8-14/h4-5,9,11-12,14,18H,6-8H2,1-3H3,(H,19,20)/t11-,12?,14-/m0/s1. The third-order valence-corrected chi connectivity index (χ3v) is 4.05. The molecule has 3 nitrogen and oxygen atoms in total. The van der Waals surface area contributed by atoms with Crippen LogP contribution in [0.15, 0.2) is 18.2 Å². The molecule has 1 fully saturated rings. The van der Waals surface area contributed by atoms with Gasteiger partial charge in [-0.1, -0.05) is 12.1 Å². The lowest BCUT2D eigenvalue weighted by Crippen LogP contribution is -2.42. The van der Waals surface area contributed by atoms with Gasteiger partial charge < -0.3 is 10.6 Å². The molecule has 0 aromatic heterocycles. The summed E-state index contributed by atoms with van der Waals surface area (Å²) in [6.07, 6.45) is 1.73. The van der Waals surface area contributed by atoms with E-state index in [1.807, 2.05) is 13.0 Å². The van der Waals surface area contributed by atoms with Crippen LogP contribution < -0.4 is 10.6 Å². The van der Waals surface area contributed by atoms with Gasteiger partial charge in [-0.2, -0.15) is 0 Å². The molecule has 2 N–H and O–H groups in total. The number of halogens is 1. The number of aryl methyl sites for hydroxylation is 1. The van der Waals surface area contributed by atoms with Gasteiger partial charge >= 0.3 is 0 Å². The number of piperidine rings is 1. The van der Waals surface area contributed by atoms with E-state index in [2.05, 4.69) is 17.6 Å². The molecule has 1 amide bonds. The van der Waals surface area contributed by atoms with Crippen LogP contribution in [0.3, 0.4) is 0 Å². The van der Waals surface area contributed by atoms with Crippen LogP contribution >= 0.6 is 0 Å². The second kappa shape index (κ2) is 6.35. The van der Waals surface area contributed by atoms with Gasteiger partial charge in [-0.15, -0.1) is 0 Å². The van der Waals surface area contributed by atoms with Gasteiger partial charge in [-0.25, -0.2) is 4.39 Å². The van der Waals surface area contributed by atoms with Crippen molar-refractivity contribution in [3.05, 3.63) is 35.1 Å². The Morgan fingerprint density at radius 1 is 1.50 bits per heavy atom. The van der Waals surface area contributed by atoms with Crippen LogP contribution in [0.5, 0.6) is 0 Å². The first-order valence-corrected chi connectivity index (χ1v) is 7.27. The van der Waals surface area contributed by atoms with Gasteiger partial charge in [0.25, 0.3) is 0 Å². The predicted octanol–water partition coefficient (Wildman–Crippen LogP) is 2.70. The van der Waals surface area contributed by atoms with Gasteiger partial charge in [0, 0.05) is 12.0 Å². The van der Waals surface area contributed by atoms with E-state index in [4.69, 9.17) is 0 Å². The predicted molar refractivity (Wildman–Crippen MR) is 77.9 cm³/mol. The fraction of sp³-hybridized carbons (Fsp3) is 0.562. The lowest BCUT2D eigenvalue weighted by molar-refractivity contribution is -0.126. The number of carbonyl (C=O) groups is 1. The smallest absolute Gasteiger partial charge is 0.223 e. The van der Waals surface area contributed by atoms with Crippen molar-refractivity contribution < 1.29 is 9.18 Å². The highest BCUT2D eigenvalue weighted by atomic mass is 19.1. The molecule has 1 saturated heterocycles. The quantitative estimate of drug-likeness (QED) is 0.892. The van der Waals surface area contributed by atoms with E-state index >= 15 is 0 Å². The van der Waals surface area contributed by atoms with Crippen LogP contribution in [0.25, 0.3) is 0 Å². The average molecular weight is 278 g/mol. The number of carbonyl (C=O) groups excluding carboxylic acids is 1. The topological polar surface area (TPSA) is 41.1 Å². The Balaban J connectivity index is 1.97. The maximum atomic E-state index is 13.6. The number of rotatable bonds is 3. The van der Waals surface area contributed by atoms with E-state index in [0.717, 1.165) is 24.9 Å². The molecule has 3 atom stereocenters. The van der Waals surface area contributed by atoms with Crippen molar-refractivity contribution in [3.8, 4) is 0 Å². The summed E-state index contributed by atoms with van der Waals surface area (Å²) in [5, 5.41) is 6.34. The second-order valence-electron chi connectivity index (χ2n) is 5.82. The van der Waals surface area contributed by atoms with Gasteiger partial charge in [-0.3, -0.25) is 4.79 Å². The number of amides is 1. The zero-order chi connectivity index (χ0) is 14.7. The lowest BCUT2D eigenvalue weighted by Gasteiger charge is -2.28. The first-order chi connectivity index (χ1) is 9.47. The van der Waals surface area contributed by atoms with Crippen molar-refractivity contribution in [2.75, 3.05) is 6.54 Å². The summed E-state index contributed by atoms with van der Waals surface area (Å²) >= 11 is 0. The van der Waals surface area contributed by atoms with Gasteiger partial charge in [0.05, 0.1) is 6.04 Å². The van der Waals surface area contributed by atoms with Gasteiger partial charge in [0.15, 0.2) is 0 Å². The molecule has 4 heteroatoms. The Morgan fingerprint density at radius 2 is 2.25 bits per heavy atom. The van der Waals surface area contributed by atoms with E-state index in [9.17, 15) is 9.18 Å². The van der Waals surface area contributed by atoms with Gasteiger partial charge in [0.1, 0.15) is 5.82 Å². The Morgan fingerprint density at radius 3 is 2.90 bits per heavy atom. The Hall–Kier alpha value is -1.42. The van der Waals surface area contributed by atoms with E-state index in [1.165, 1.54) is 6.07 Å². The minimum Gasteiger partial charge on any atom is -0.349 e. The van der Waals surface area contributed by atoms with Crippen molar-refractivity contribution in [1.29, 1.82) is 0 Å². The summed E-state index contributed by atoms with van der Waals surface area (Å²) in [5.41, 5.74) is 1.43. The molecule has 0 aliphatic carbocycles. The fourth-order valence-electron chi connectivity index (χ4n) is 2.66. The first-order valence-electron chi connectivity index (χ1n) is 7.27. The summed E-state index contributed by atoms with van der Waals surface area (Å²) < 4.78 is 13.6. The molecule has 1 unspecified atom stereocenters. The average Bonchev–Trinajstić information content (AvgIpc) is 2.41. The number of hydrogen-bond acceptors (Lipinski definition) is 2. The Bertz CT molecular complexity index is 489. The maximum Gasteiger partial charge on any atom is 0.223 e. The minimum absolute atomic E-state index is 0.0593. The monoisotopic (exact) mass is 278 g/mol. The second-order valence-corrected chi connectivity index (χ2v) is 5.82. The Labute approximate surface area is 120 Å². The maximum absolute atomic E-state index is 13.6. The molecule has 1 aromatic rings. The molecule has 1 aliphatic heterocycles. The summed E-state index contributed by atoms with van der Waals surface area (Å²) in [6.45, 7) is 6.61. The normalized spacial score (nSPS) is 24.2. The number of nitrogens with one attached hydrogen (secondary N) is 2. The van der Waals surface area contributed by atoms with Crippen molar-refractivity contribution in [2.45, 2.75) is 45.7 Å². The molecular formula is C16H23FN2O. The largest absolute Gasteiger partial charge is 0.349 e. The van der Waals surface area contributed by atoms with Crippen molar-refractivity contribution in [3.63, 3.8) is 0 Å². The summed E-state index contributed by atoms with van der Waals surface area (Å²) in [5.74, 6) is -0.0880. The van der Waals surface area contributed by atoms with E-state index in [1.54, 1.807) is 13.0 Å². The highest BCUT2D eigenvalue weighted by molar-refractivity contribution is 5.79. The van der Waals surface area contributed by atoms with Crippen molar-refractivity contribution in [2.24, 2.45) is 5.92 Å². The third-order valence-electron chi connectivity index (χ3n) is 4.05. The molecule has 110 valence electrons. The van der Waals surface area contributed by atoms with Gasteiger partial charge in [-0.05, 0) is 57.4 Å². The van der Waals surface area contributed by atoms with Crippen LogP contribution in [-0.4, -0.2) is 18.5 Å². The van der Waals surface area contributed by atoms with Crippen LogP contribution in [0.2, 0.25) is 0 Å². The Kier molecular flexibility index (Phi) is 4.76. The lowest BCUT2D eigenvalue weighted by atomic mass is 9.92. The summed E-state index contributed by atoms with van der Waals surface area (Å²) in [6, 6.07) is 5.34. The fourth-order valence-corrected chi connectivity index (χ4v) is 2.66.